The molecule has 3 aliphatic heterocycles. The van der Waals surface area contributed by atoms with Crippen LogP contribution in [0.25, 0.3) is 0 Å². The van der Waals surface area contributed by atoms with Gasteiger partial charge in [-0.15, -0.1) is 0 Å². The van der Waals surface area contributed by atoms with E-state index >= 15 is 0 Å². The third-order valence-corrected chi connectivity index (χ3v) is 20.7. The molecule has 0 bridgehead atoms. The minimum Gasteiger partial charge on any atom is -0.386 e. The number of anilines is 12. The highest BCUT2D eigenvalue weighted by atomic mass is 32.2. The molecule has 5 aromatic carbocycles. The molecule has 33 heteroatoms. The molecular formula is C76H93F3N22O5S3. The summed E-state index contributed by atoms with van der Waals surface area (Å²) in [6, 6.07) is 45.5. The van der Waals surface area contributed by atoms with Crippen LogP contribution in [0.1, 0.15) is 88.5 Å². The Kier molecular flexibility index (Phi) is 23.3. The fourth-order valence-corrected chi connectivity index (χ4v) is 14.1. The number of β-amino-alcohol motifs (C(OH)–C–C–N with tert-alkyl or cyclic N) is 1. The van der Waals surface area contributed by atoms with Crippen LogP contribution in [-0.4, -0.2) is 174 Å². The van der Waals surface area contributed by atoms with Gasteiger partial charge in [0, 0.05) is 160 Å². The molecule has 9 heterocycles. The molecule has 4 aliphatic rings. The molecule has 1 saturated carbocycles. The number of amides is 3. The van der Waals surface area contributed by atoms with Crippen molar-refractivity contribution in [2.75, 3.05) is 120 Å². The van der Waals surface area contributed by atoms with E-state index in [9.17, 15) is 32.7 Å². The molecule has 0 spiro atoms. The van der Waals surface area contributed by atoms with Crippen LogP contribution in [0, 0.1) is 26.7 Å². The van der Waals surface area contributed by atoms with E-state index in [-0.39, 0.29) is 26.5 Å². The number of alkyl halides is 3. The molecule has 9 N–H and O–H groups in total. The zero-order valence-corrected chi connectivity index (χ0v) is 63.4. The maximum absolute atomic E-state index is 13.3. The van der Waals surface area contributed by atoms with Crippen LogP contribution in [0.2, 0.25) is 0 Å². The third kappa shape index (κ3) is 19.6. The van der Waals surface area contributed by atoms with E-state index in [2.05, 4.69) is 86.8 Å². The van der Waals surface area contributed by atoms with Crippen LogP contribution in [-0.2, 0) is 10.9 Å². The number of aryl methyl sites for hydroxylation is 3. The number of halogens is 3. The monoisotopic (exact) mass is 1550 g/mol. The summed E-state index contributed by atoms with van der Waals surface area (Å²) in [6.07, 6.45) is -1.11. The predicted octanol–water partition coefficient (Wildman–Crippen LogP) is 15.4. The van der Waals surface area contributed by atoms with Crippen LogP contribution >= 0.6 is 35.3 Å². The number of methoxy groups -OCH3 is 1. The average molecular weight is 1550 g/mol. The van der Waals surface area contributed by atoms with Crippen molar-refractivity contribution < 1.29 is 46.0 Å². The molecule has 1 aliphatic carbocycles. The lowest BCUT2D eigenvalue weighted by molar-refractivity contribution is -0.137. The Balaban J connectivity index is 0.000000233. The number of carbonyl (C=O) groups is 3. The van der Waals surface area contributed by atoms with Gasteiger partial charge in [0.05, 0.1) is 35.9 Å². The zero-order chi connectivity index (χ0) is 76.5. The Morgan fingerprint density at radius 2 is 0.991 bits per heavy atom. The van der Waals surface area contributed by atoms with Crippen LogP contribution < -0.4 is 46.2 Å². The van der Waals surface area contributed by atoms with Crippen molar-refractivity contribution in [3.8, 4) is 0 Å². The fraction of sp³-hybridized carbons (Fsp3) is 0.289. The lowest BCUT2D eigenvalue weighted by Crippen LogP contribution is -2.63. The number of hydrogen-bond donors (Lipinski definition) is 9. The first-order chi connectivity index (χ1) is 52.4. The van der Waals surface area contributed by atoms with Crippen molar-refractivity contribution in [2.24, 2.45) is 5.92 Å². The number of aromatic nitrogens is 12. The maximum atomic E-state index is 13.3. The number of nitrogens with one attached hydrogen (secondary N) is 8. The summed E-state index contributed by atoms with van der Waals surface area (Å²) in [6.45, 7) is 13.0. The number of aromatic amines is 3. The van der Waals surface area contributed by atoms with Gasteiger partial charge >= 0.3 is 6.18 Å². The van der Waals surface area contributed by atoms with Gasteiger partial charge in [-0.1, -0.05) is 24.3 Å². The topological polar surface area (TPSA) is 320 Å². The van der Waals surface area contributed by atoms with Gasteiger partial charge in [-0.25, -0.2) is 29.9 Å². The Bertz CT molecular complexity index is 5040. The third-order valence-electron chi connectivity index (χ3n) is 18.1. The van der Waals surface area contributed by atoms with Gasteiger partial charge in [0.1, 0.15) is 40.5 Å². The van der Waals surface area contributed by atoms with E-state index in [0.29, 0.717) is 106 Å². The highest BCUT2D eigenvalue weighted by Gasteiger charge is 2.52. The number of aliphatic hydroxyl groups is 1. The lowest BCUT2D eigenvalue weighted by Gasteiger charge is -2.47. The largest absolute Gasteiger partial charge is 0.417 e. The highest BCUT2D eigenvalue weighted by molar-refractivity contribution is 7.99. The second-order valence-electron chi connectivity index (χ2n) is 26.8. The molecule has 15 rings (SSSR count). The average Bonchev–Trinajstić information content (AvgIpc) is 1.64. The van der Waals surface area contributed by atoms with Crippen molar-refractivity contribution in [1.29, 1.82) is 0 Å². The van der Waals surface area contributed by atoms with E-state index in [0.717, 1.165) is 98.7 Å². The van der Waals surface area contributed by atoms with Crippen molar-refractivity contribution in [1.82, 2.24) is 65.4 Å². The Hall–Kier alpha value is -11.3. The number of H-pyrrole nitrogens is 3. The summed E-state index contributed by atoms with van der Waals surface area (Å²) in [5, 5.41) is 49.1. The number of carbonyl (C=O) groups excluding carboxylic acids is 3. The number of para-hydroxylation sites is 1. The van der Waals surface area contributed by atoms with E-state index in [4.69, 9.17) is 19.7 Å². The minimum atomic E-state index is -4.63. The van der Waals surface area contributed by atoms with Crippen molar-refractivity contribution >= 4 is 122 Å². The molecular weight excluding hydrogens is 1450 g/mol. The van der Waals surface area contributed by atoms with E-state index < -0.39 is 28.8 Å². The first kappa shape index (κ1) is 76.0. The first-order valence-corrected chi connectivity index (χ1v) is 37.6. The molecule has 109 heavy (non-hydrogen) atoms. The van der Waals surface area contributed by atoms with E-state index in [1.54, 1.807) is 43.3 Å². The van der Waals surface area contributed by atoms with Crippen LogP contribution in [0.4, 0.5) is 82.6 Å². The van der Waals surface area contributed by atoms with Gasteiger partial charge in [0.2, 0.25) is 0 Å². The second-order valence-corrected chi connectivity index (χ2v) is 29.9. The molecule has 4 fully saturated rings. The predicted molar refractivity (Wildman–Crippen MR) is 431 cm³/mol. The van der Waals surface area contributed by atoms with Crippen LogP contribution in [0.3, 0.4) is 0 Å². The number of rotatable bonds is 24. The number of ether oxygens (including phenoxy) is 1. The molecule has 11 aromatic rings. The minimum absolute atomic E-state index is 0. The molecule has 3 saturated heterocycles. The van der Waals surface area contributed by atoms with Crippen LogP contribution in [0.15, 0.2) is 188 Å². The normalized spacial score (nSPS) is 14.3. The lowest BCUT2D eigenvalue weighted by atomic mass is 9.89. The standard InChI is InChI=1S/C26H24F3N7O2S.C26H28N8OS.C24H29N7O2S.6H2/c1-15-11-22(35-34-15)31-21-12-23(36-13-17(14-36)38-2)33-25(32-21)39-18-9-7-16(8-10-18)30-24(37)19-5-3-4-6-20(19)26(27,28)29;1-17-15-23(32-31-17)28-22-16-24(34-13-6-14-34)30-26(29-22)36-19-11-9-18(10-12-19)27-25(35)20-7-4-5-8-21(20)33(2)3;1-4-30(3)22(32)16-5-9-18(10-6-16)34-23-26-19(25-20-11-15(2)28-29-20)12-21(27-23)31-13-24(33,14-31)17-7-8-17;;;;;;/h3-12,17H,13-14H2,1-2H3,(H,30,37)(H2,31,32,33,34,35);4-5,7-12,15-16H,6,13-14H2,1-3H3,(H,27,35)(H2,28,29,30,31,32);5-6,9-12,17,33H,4,7-8,13-14H2,1-3H3,(H2,25,26,27,28,29);6*1H. The summed E-state index contributed by atoms with van der Waals surface area (Å²) < 4.78 is 45.2. The van der Waals surface area contributed by atoms with Crippen LogP contribution in [0.5, 0.6) is 0 Å². The van der Waals surface area contributed by atoms with Gasteiger partial charge in [-0.05, 0) is 185 Å². The van der Waals surface area contributed by atoms with Gasteiger partial charge in [0.15, 0.2) is 32.9 Å². The van der Waals surface area contributed by atoms with Crippen molar-refractivity contribution in [3.05, 3.63) is 197 Å². The summed E-state index contributed by atoms with van der Waals surface area (Å²) >= 11 is 4.22. The van der Waals surface area contributed by atoms with Gasteiger partial charge < -0.3 is 60.9 Å². The summed E-state index contributed by atoms with van der Waals surface area (Å²) in [7, 11) is 7.32. The molecule has 27 nitrogen and oxygen atoms in total. The maximum Gasteiger partial charge on any atom is 0.417 e. The van der Waals surface area contributed by atoms with Gasteiger partial charge in [0.25, 0.3) is 17.7 Å². The number of hydrogen-bond acceptors (Lipinski definition) is 24. The molecule has 0 radical (unpaired) electrons. The van der Waals surface area contributed by atoms with Gasteiger partial charge in [-0.3, -0.25) is 29.7 Å². The SMILES string of the molecule is CCN(C)C(=O)c1ccc(Sc2nc(Nc3cc(C)[nH]n3)cc(N3CC(O)(C4CC4)C3)n2)cc1.COC1CN(c2cc(Nc3cc(C)[nH]n3)nc(Sc3ccc(NC(=O)c4ccccc4C(F)(F)F)cc3)n2)C1.Cc1cc(Nc2cc(N3CCC3)nc(Sc3ccc(NC(=O)c4ccccc4N(C)C)cc3)n2)n[nH]1.[HH].[HH].[HH].[HH].[HH].[HH]. The molecule has 0 unspecified atom stereocenters. The molecule has 576 valence electrons. The van der Waals surface area contributed by atoms with Crippen molar-refractivity contribution in [2.45, 2.75) is 95.0 Å². The fourth-order valence-electron chi connectivity index (χ4n) is 11.8. The van der Waals surface area contributed by atoms with Gasteiger partial charge in [-0.2, -0.15) is 28.5 Å². The van der Waals surface area contributed by atoms with E-state index in [1.165, 1.54) is 53.8 Å². The second kappa shape index (κ2) is 33.5. The Morgan fingerprint density at radius 1 is 0.569 bits per heavy atom. The Labute approximate surface area is 648 Å². The molecule has 6 aromatic heterocycles. The number of nitrogens with zero attached hydrogens (tertiary/aromatic N) is 14. The summed E-state index contributed by atoms with van der Waals surface area (Å²) in [4.78, 5) is 78.7. The Morgan fingerprint density at radius 3 is 1.39 bits per heavy atom. The van der Waals surface area contributed by atoms with E-state index in [1.807, 2.05) is 156 Å². The molecule has 3 amide bonds. The zero-order valence-electron chi connectivity index (χ0n) is 60.9. The van der Waals surface area contributed by atoms with Crippen molar-refractivity contribution in [3.63, 3.8) is 0 Å². The molecule has 0 atom stereocenters. The number of benzene rings is 5. The summed E-state index contributed by atoms with van der Waals surface area (Å²) in [5.41, 5.74) is 4.04. The quantitative estimate of drug-likeness (QED) is 0.0254. The smallest absolute Gasteiger partial charge is 0.386 e. The summed E-state index contributed by atoms with van der Waals surface area (Å²) in [5.74, 6) is 5.76. The first-order valence-electron chi connectivity index (χ1n) is 35.1. The highest BCUT2D eigenvalue weighted by Crippen LogP contribution is 2.46.